The lowest BCUT2D eigenvalue weighted by atomic mass is 10.2. The predicted molar refractivity (Wildman–Crippen MR) is 83.7 cm³/mol. The maximum atomic E-state index is 12.0. The van der Waals surface area contributed by atoms with E-state index < -0.39 is 5.97 Å². The molecule has 104 valence electrons. The summed E-state index contributed by atoms with van der Waals surface area (Å²) in [6.45, 7) is 2.04. The van der Waals surface area contributed by atoms with Crippen LogP contribution in [0, 0.1) is 6.92 Å². The molecule has 0 spiro atoms. The van der Waals surface area contributed by atoms with E-state index in [1.54, 1.807) is 17.5 Å². The van der Waals surface area contributed by atoms with Crippen LogP contribution >= 0.6 is 11.3 Å². The van der Waals surface area contributed by atoms with Gasteiger partial charge in [-0.25, -0.2) is 9.78 Å². The molecule has 3 aromatic rings. The Balaban J connectivity index is 1.78. The van der Waals surface area contributed by atoms with Crippen LogP contribution in [0.1, 0.15) is 16.1 Å². The molecule has 21 heavy (non-hydrogen) atoms. The summed E-state index contributed by atoms with van der Waals surface area (Å²) in [4.78, 5) is 16.4. The van der Waals surface area contributed by atoms with Crippen LogP contribution in [0.15, 0.2) is 60.0 Å². The Kier molecular flexibility index (Phi) is 3.79. The zero-order chi connectivity index (χ0) is 14.7. The Labute approximate surface area is 126 Å². The molecule has 0 saturated carbocycles. The Bertz CT molecular complexity index is 748. The largest absolute Gasteiger partial charge is 0.422 e. The summed E-state index contributed by atoms with van der Waals surface area (Å²) in [6, 6.07) is 17.0. The maximum absolute atomic E-state index is 12.0. The lowest BCUT2D eigenvalue weighted by Crippen LogP contribution is -2.08. The Hall–Kier alpha value is -2.46. The number of esters is 1. The summed E-state index contributed by atoms with van der Waals surface area (Å²) in [5, 5.41) is 2.54. The van der Waals surface area contributed by atoms with Crippen molar-refractivity contribution in [3.8, 4) is 16.3 Å². The van der Waals surface area contributed by atoms with Crippen LogP contribution in [-0.4, -0.2) is 11.0 Å². The summed E-state index contributed by atoms with van der Waals surface area (Å²) in [5.41, 5.74) is 2.53. The fourth-order valence-corrected chi connectivity index (χ4v) is 2.64. The second-order valence-corrected chi connectivity index (χ2v) is 5.46. The first-order chi connectivity index (χ1) is 10.2. The highest BCUT2D eigenvalue weighted by Crippen LogP contribution is 2.24. The molecule has 0 N–H and O–H groups in total. The molecule has 2 aromatic carbocycles. The Morgan fingerprint density at radius 2 is 1.76 bits per heavy atom. The van der Waals surface area contributed by atoms with Crippen molar-refractivity contribution in [1.82, 2.24) is 4.98 Å². The van der Waals surface area contributed by atoms with Gasteiger partial charge < -0.3 is 4.74 Å². The molecule has 4 heteroatoms. The third-order valence-electron chi connectivity index (χ3n) is 2.97. The van der Waals surface area contributed by atoms with Gasteiger partial charge in [-0.2, -0.15) is 0 Å². The predicted octanol–water partition coefficient (Wildman–Crippen LogP) is 4.34. The van der Waals surface area contributed by atoms with Gasteiger partial charge in [-0.15, -0.1) is 11.3 Å². The van der Waals surface area contributed by atoms with Gasteiger partial charge in [0.15, 0.2) is 5.69 Å². The van der Waals surface area contributed by atoms with E-state index in [0.717, 1.165) is 10.6 Å². The Morgan fingerprint density at radius 1 is 1.05 bits per heavy atom. The van der Waals surface area contributed by atoms with Crippen molar-refractivity contribution in [2.75, 3.05) is 0 Å². The molecule has 3 nitrogen and oxygen atoms in total. The molecular formula is C17H13NO2S. The molecule has 0 unspecified atom stereocenters. The minimum absolute atomic E-state index is 0.333. The van der Waals surface area contributed by atoms with Gasteiger partial charge in [0.1, 0.15) is 10.8 Å². The molecule has 1 heterocycles. The van der Waals surface area contributed by atoms with E-state index in [0.29, 0.717) is 11.4 Å². The normalized spacial score (nSPS) is 10.3. The minimum Gasteiger partial charge on any atom is -0.422 e. The van der Waals surface area contributed by atoms with Crippen LogP contribution in [0.4, 0.5) is 0 Å². The molecule has 0 amide bonds. The number of nitrogens with zero attached hydrogens (tertiary/aromatic N) is 1. The monoisotopic (exact) mass is 295 g/mol. The second-order valence-electron chi connectivity index (χ2n) is 4.61. The number of carbonyl (C=O) groups is 1. The fraction of sp³-hybridized carbons (Fsp3) is 0.0588. The van der Waals surface area contributed by atoms with Crippen LogP contribution in [0.25, 0.3) is 10.6 Å². The topological polar surface area (TPSA) is 39.2 Å². The van der Waals surface area contributed by atoms with Crippen molar-refractivity contribution in [3.63, 3.8) is 0 Å². The number of carbonyl (C=O) groups excluding carboxylic acids is 1. The molecule has 0 bridgehead atoms. The lowest BCUT2D eigenvalue weighted by molar-refractivity contribution is 0.0729. The molecular weight excluding hydrogens is 282 g/mol. The van der Waals surface area contributed by atoms with E-state index in [1.807, 2.05) is 49.4 Å². The van der Waals surface area contributed by atoms with Crippen LogP contribution < -0.4 is 4.74 Å². The van der Waals surface area contributed by atoms with Crippen LogP contribution in [-0.2, 0) is 0 Å². The third kappa shape index (κ3) is 3.17. The Morgan fingerprint density at radius 3 is 2.48 bits per heavy atom. The first-order valence-electron chi connectivity index (χ1n) is 6.52. The molecule has 0 saturated heterocycles. The summed E-state index contributed by atoms with van der Waals surface area (Å²) in [7, 11) is 0. The minimum atomic E-state index is -0.434. The van der Waals surface area contributed by atoms with Crippen molar-refractivity contribution in [3.05, 3.63) is 71.2 Å². The molecule has 0 atom stereocenters. The van der Waals surface area contributed by atoms with Crippen LogP contribution in [0.2, 0.25) is 0 Å². The molecule has 0 fully saturated rings. The average Bonchev–Trinajstić information content (AvgIpc) is 2.99. The molecule has 0 aliphatic carbocycles. The van der Waals surface area contributed by atoms with Gasteiger partial charge in [-0.3, -0.25) is 0 Å². The van der Waals surface area contributed by atoms with Crippen molar-refractivity contribution in [2.45, 2.75) is 6.92 Å². The summed E-state index contributed by atoms with van der Waals surface area (Å²) in [5.74, 6) is 0.0863. The van der Waals surface area contributed by atoms with Gasteiger partial charge in [0.05, 0.1) is 0 Å². The smallest absolute Gasteiger partial charge is 0.363 e. The van der Waals surface area contributed by atoms with E-state index >= 15 is 0 Å². The van der Waals surface area contributed by atoms with Gasteiger partial charge >= 0.3 is 5.97 Å². The molecule has 1 aromatic heterocycles. The van der Waals surface area contributed by atoms with Crippen molar-refractivity contribution in [1.29, 1.82) is 0 Å². The highest BCUT2D eigenvalue weighted by atomic mass is 32.1. The first-order valence-corrected chi connectivity index (χ1v) is 7.40. The molecule has 0 aliphatic heterocycles. The molecule has 3 rings (SSSR count). The van der Waals surface area contributed by atoms with Gasteiger partial charge in [-0.05, 0) is 19.1 Å². The number of hydrogen-bond acceptors (Lipinski definition) is 4. The lowest BCUT2D eigenvalue weighted by Gasteiger charge is -2.01. The van der Waals surface area contributed by atoms with Crippen molar-refractivity contribution in [2.24, 2.45) is 0 Å². The van der Waals surface area contributed by atoms with E-state index in [1.165, 1.54) is 16.9 Å². The zero-order valence-electron chi connectivity index (χ0n) is 11.4. The zero-order valence-corrected chi connectivity index (χ0v) is 12.3. The van der Waals surface area contributed by atoms with Crippen molar-refractivity contribution >= 4 is 17.3 Å². The SMILES string of the molecule is Cc1ccc(-c2nc(C(=O)Oc3ccccc3)cs2)cc1. The number of aryl methyl sites for hydroxylation is 1. The number of hydrogen-bond donors (Lipinski definition) is 0. The number of aromatic nitrogens is 1. The van der Waals surface area contributed by atoms with E-state index in [4.69, 9.17) is 4.74 Å². The molecule has 0 radical (unpaired) electrons. The fourth-order valence-electron chi connectivity index (χ4n) is 1.84. The third-order valence-corrected chi connectivity index (χ3v) is 3.86. The van der Waals surface area contributed by atoms with Gasteiger partial charge in [-0.1, -0.05) is 48.0 Å². The first kappa shape index (κ1) is 13.5. The maximum Gasteiger partial charge on any atom is 0.363 e. The quantitative estimate of drug-likeness (QED) is 0.533. The summed E-state index contributed by atoms with van der Waals surface area (Å²) >= 11 is 1.44. The van der Waals surface area contributed by atoms with Gasteiger partial charge in [0.25, 0.3) is 0 Å². The van der Waals surface area contributed by atoms with Crippen LogP contribution in [0.3, 0.4) is 0 Å². The highest BCUT2D eigenvalue weighted by Gasteiger charge is 2.14. The van der Waals surface area contributed by atoms with Gasteiger partial charge in [0, 0.05) is 10.9 Å². The van der Waals surface area contributed by atoms with Crippen LogP contribution in [0.5, 0.6) is 5.75 Å². The summed E-state index contributed by atoms with van der Waals surface area (Å²) in [6.07, 6.45) is 0. The van der Waals surface area contributed by atoms with Crippen molar-refractivity contribution < 1.29 is 9.53 Å². The van der Waals surface area contributed by atoms with E-state index in [-0.39, 0.29) is 0 Å². The highest BCUT2D eigenvalue weighted by molar-refractivity contribution is 7.13. The standard InChI is InChI=1S/C17H13NO2S/c1-12-7-9-13(10-8-12)16-18-15(11-21-16)17(19)20-14-5-3-2-4-6-14/h2-11H,1H3. The second kappa shape index (κ2) is 5.89. The van der Waals surface area contributed by atoms with E-state index in [2.05, 4.69) is 4.98 Å². The number of para-hydroxylation sites is 1. The van der Waals surface area contributed by atoms with E-state index in [9.17, 15) is 4.79 Å². The molecule has 0 aliphatic rings. The summed E-state index contributed by atoms with van der Waals surface area (Å²) < 4.78 is 5.27. The number of rotatable bonds is 3. The number of benzene rings is 2. The number of ether oxygens (including phenoxy) is 1. The van der Waals surface area contributed by atoms with Gasteiger partial charge in [0.2, 0.25) is 0 Å². The average molecular weight is 295 g/mol. The number of thiazole rings is 1.